The molecule has 0 spiro atoms. The van der Waals surface area contributed by atoms with Crippen molar-refractivity contribution in [1.29, 1.82) is 0 Å². The Bertz CT molecular complexity index is 326. The van der Waals surface area contributed by atoms with Crippen LogP contribution in [-0.4, -0.2) is 11.7 Å². The first-order chi connectivity index (χ1) is 7.42. The van der Waals surface area contributed by atoms with Gasteiger partial charge >= 0.3 is 0 Å². The van der Waals surface area contributed by atoms with Gasteiger partial charge in [0, 0.05) is 6.61 Å². The third-order valence-electron chi connectivity index (χ3n) is 3.15. The van der Waals surface area contributed by atoms with Gasteiger partial charge in [-0.05, 0) is 42.7 Å². The molecule has 1 aliphatic rings. The summed E-state index contributed by atoms with van der Waals surface area (Å²) in [5.74, 6) is 0.561. The largest absolute Gasteiger partial charge is 0.396 e. The number of allylic oxidation sites excluding steroid dienone is 2. The van der Waals surface area contributed by atoms with Crippen molar-refractivity contribution in [3.63, 3.8) is 0 Å². The molecular weight excluding hydrogens is 184 g/mol. The van der Waals surface area contributed by atoms with Crippen molar-refractivity contribution in [1.82, 2.24) is 0 Å². The molecule has 2 rings (SSSR count). The summed E-state index contributed by atoms with van der Waals surface area (Å²) in [7, 11) is 0. The van der Waals surface area contributed by atoms with E-state index >= 15 is 0 Å². The van der Waals surface area contributed by atoms with Gasteiger partial charge in [0.15, 0.2) is 0 Å². The first-order valence-electron chi connectivity index (χ1n) is 5.78. The molecule has 0 aliphatic heterocycles. The maximum Gasteiger partial charge on any atom is 0.0436 e. The first kappa shape index (κ1) is 10.4. The lowest BCUT2D eigenvalue weighted by atomic mass is 9.82. The number of benzene rings is 1. The van der Waals surface area contributed by atoms with Crippen molar-refractivity contribution in [3.8, 4) is 0 Å². The van der Waals surface area contributed by atoms with E-state index in [1.54, 1.807) is 0 Å². The third kappa shape index (κ3) is 2.48. The van der Waals surface area contributed by atoms with Crippen molar-refractivity contribution in [3.05, 3.63) is 42.0 Å². The molecule has 0 bridgehead atoms. The Morgan fingerprint density at radius 3 is 2.73 bits per heavy atom. The second kappa shape index (κ2) is 5.13. The highest BCUT2D eigenvalue weighted by molar-refractivity contribution is 5.67. The Balaban J connectivity index is 2.21. The second-order valence-electron chi connectivity index (χ2n) is 4.17. The fraction of sp³-hybridized carbons (Fsp3) is 0.429. The molecule has 0 saturated carbocycles. The highest BCUT2D eigenvalue weighted by Crippen LogP contribution is 2.34. The SMILES string of the molecule is OCC[C@@H]1CCCC=C1c1ccccc1. The van der Waals surface area contributed by atoms with Crippen LogP contribution in [0.15, 0.2) is 36.4 Å². The zero-order chi connectivity index (χ0) is 10.5. The van der Waals surface area contributed by atoms with Crippen LogP contribution in [0, 0.1) is 5.92 Å². The van der Waals surface area contributed by atoms with Crippen molar-refractivity contribution < 1.29 is 5.11 Å². The number of aliphatic hydroxyl groups excluding tert-OH is 1. The lowest BCUT2D eigenvalue weighted by Gasteiger charge is -2.24. The summed E-state index contributed by atoms with van der Waals surface area (Å²) in [6, 6.07) is 10.6. The molecule has 0 fully saturated rings. The van der Waals surface area contributed by atoms with Crippen LogP contribution in [0.4, 0.5) is 0 Å². The summed E-state index contributed by atoms with van der Waals surface area (Å²) >= 11 is 0. The highest BCUT2D eigenvalue weighted by Gasteiger charge is 2.17. The molecule has 1 N–H and O–H groups in total. The van der Waals surface area contributed by atoms with Gasteiger partial charge < -0.3 is 5.11 Å². The minimum Gasteiger partial charge on any atom is -0.396 e. The van der Waals surface area contributed by atoms with Gasteiger partial charge in [-0.1, -0.05) is 36.4 Å². The average molecular weight is 202 g/mol. The maximum atomic E-state index is 9.06. The molecule has 1 atom stereocenters. The molecular formula is C14H18O. The molecule has 0 radical (unpaired) electrons. The Kier molecular flexibility index (Phi) is 3.57. The number of hydrogen-bond donors (Lipinski definition) is 1. The predicted octanol–water partition coefficient (Wildman–Crippen LogP) is 3.25. The maximum absolute atomic E-state index is 9.06. The van der Waals surface area contributed by atoms with Crippen molar-refractivity contribution >= 4 is 5.57 Å². The van der Waals surface area contributed by atoms with E-state index in [1.165, 1.54) is 30.4 Å². The smallest absolute Gasteiger partial charge is 0.0436 e. The number of rotatable bonds is 3. The summed E-state index contributed by atoms with van der Waals surface area (Å²) in [4.78, 5) is 0. The Labute approximate surface area is 91.4 Å². The minimum atomic E-state index is 0.300. The van der Waals surface area contributed by atoms with Gasteiger partial charge in [-0.25, -0.2) is 0 Å². The zero-order valence-corrected chi connectivity index (χ0v) is 9.02. The standard InChI is InChI=1S/C14H18O/c15-11-10-13-8-4-5-9-14(13)12-6-2-1-3-7-12/h1-3,6-7,9,13,15H,4-5,8,10-11H2/t13-/m0/s1. The van der Waals surface area contributed by atoms with Crippen LogP contribution >= 0.6 is 0 Å². The van der Waals surface area contributed by atoms with Crippen LogP contribution in [0.25, 0.3) is 5.57 Å². The van der Waals surface area contributed by atoms with Crippen molar-refractivity contribution in [2.45, 2.75) is 25.7 Å². The quantitative estimate of drug-likeness (QED) is 0.797. The molecule has 1 aromatic carbocycles. The van der Waals surface area contributed by atoms with Gasteiger partial charge in [0.1, 0.15) is 0 Å². The van der Waals surface area contributed by atoms with Crippen LogP contribution in [0.1, 0.15) is 31.2 Å². The lowest BCUT2D eigenvalue weighted by Crippen LogP contribution is -2.09. The molecule has 1 aliphatic carbocycles. The molecule has 15 heavy (non-hydrogen) atoms. The first-order valence-corrected chi connectivity index (χ1v) is 5.78. The molecule has 1 aromatic rings. The number of aliphatic hydroxyl groups is 1. The summed E-state index contributed by atoms with van der Waals surface area (Å²) in [6.07, 6.45) is 6.92. The predicted molar refractivity (Wildman–Crippen MR) is 63.5 cm³/mol. The van der Waals surface area contributed by atoms with Crippen molar-refractivity contribution in [2.24, 2.45) is 5.92 Å². The Hall–Kier alpha value is -1.08. The molecule has 0 aromatic heterocycles. The molecule has 80 valence electrons. The van der Waals surface area contributed by atoms with Gasteiger partial charge in [-0.3, -0.25) is 0 Å². The Morgan fingerprint density at radius 1 is 1.20 bits per heavy atom. The summed E-state index contributed by atoms with van der Waals surface area (Å²) in [5, 5.41) is 9.06. The van der Waals surface area contributed by atoms with E-state index in [2.05, 4.69) is 30.3 Å². The van der Waals surface area contributed by atoms with Crippen molar-refractivity contribution in [2.75, 3.05) is 6.61 Å². The summed E-state index contributed by atoms with van der Waals surface area (Å²) in [5.41, 5.74) is 2.77. The highest BCUT2D eigenvalue weighted by atomic mass is 16.3. The lowest BCUT2D eigenvalue weighted by molar-refractivity contribution is 0.266. The fourth-order valence-corrected chi connectivity index (χ4v) is 2.38. The van der Waals surface area contributed by atoms with Gasteiger partial charge in [0.05, 0.1) is 0 Å². The summed E-state index contributed by atoms with van der Waals surface area (Å²) < 4.78 is 0. The molecule has 0 amide bonds. The topological polar surface area (TPSA) is 20.2 Å². The average Bonchev–Trinajstić information content (AvgIpc) is 2.31. The molecule has 0 heterocycles. The van der Waals surface area contributed by atoms with Gasteiger partial charge in [0.2, 0.25) is 0 Å². The second-order valence-corrected chi connectivity index (χ2v) is 4.17. The zero-order valence-electron chi connectivity index (χ0n) is 9.02. The van der Waals surface area contributed by atoms with Gasteiger partial charge in [-0.15, -0.1) is 0 Å². The van der Waals surface area contributed by atoms with Crippen LogP contribution in [0.3, 0.4) is 0 Å². The molecule has 0 saturated heterocycles. The van der Waals surface area contributed by atoms with E-state index in [0.29, 0.717) is 12.5 Å². The van der Waals surface area contributed by atoms with E-state index in [0.717, 1.165) is 6.42 Å². The van der Waals surface area contributed by atoms with Crippen LogP contribution < -0.4 is 0 Å². The summed E-state index contributed by atoms with van der Waals surface area (Å²) in [6.45, 7) is 0.300. The Morgan fingerprint density at radius 2 is 2.00 bits per heavy atom. The minimum absolute atomic E-state index is 0.300. The van der Waals surface area contributed by atoms with Crippen LogP contribution in [-0.2, 0) is 0 Å². The van der Waals surface area contributed by atoms with E-state index < -0.39 is 0 Å². The molecule has 1 nitrogen and oxygen atoms in total. The van der Waals surface area contributed by atoms with Gasteiger partial charge in [0.25, 0.3) is 0 Å². The molecule has 0 unspecified atom stereocenters. The van der Waals surface area contributed by atoms with E-state index in [4.69, 9.17) is 5.11 Å². The van der Waals surface area contributed by atoms with E-state index in [1.807, 2.05) is 6.07 Å². The van der Waals surface area contributed by atoms with Gasteiger partial charge in [-0.2, -0.15) is 0 Å². The fourth-order valence-electron chi connectivity index (χ4n) is 2.38. The third-order valence-corrected chi connectivity index (χ3v) is 3.15. The number of hydrogen-bond acceptors (Lipinski definition) is 1. The van der Waals surface area contributed by atoms with Crippen LogP contribution in [0.2, 0.25) is 0 Å². The molecule has 1 heteroatoms. The normalized spacial score (nSPS) is 21.1. The van der Waals surface area contributed by atoms with E-state index in [-0.39, 0.29) is 0 Å². The van der Waals surface area contributed by atoms with E-state index in [9.17, 15) is 0 Å². The monoisotopic (exact) mass is 202 g/mol. The van der Waals surface area contributed by atoms with Crippen LogP contribution in [0.5, 0.6) is 0 Å².